The van der Waals surface area contributed by atoms with Crippen LogP contribution in [0.25, 0.3) is 0 Å². The molecule has 2 heterocycles. The van der Waals surface area contributed by atoms with E-state index < -0.39 is 27.8 Å². The number of nitrogens with zero attached hydrogens (tertiary/aromatic N) is 4. The number of sulfonamides is 1. The molecule has 1 unspecified atom stereocenters. The summed E-state index contributed by atoms with van der Waals surface area (Å²) in [6, 6.07) is 14.5. The van der Waals surface area contributed by atoms with Crippen molar-refractivity contribution in [3.8, 4) is 5.75 Å². The SMILES string of the molecule is CCc1nnc(N(N2C(=O)CC(c3ccc(OC(C)C)cc3)C2=O)S(=O)(=O)c2ccccc2)s1. The molecular formula is C23H24N4O5S2. The average Bonchev–Trinajstić information content (AvgIpc) is 3.40. The van der Waals surface area contributed by atoms with Crippen molar-refractivity contribution >= 4 is 38.3 Å². The van der Waals surface area contributed by atoms with Crippen LogP contribution in [0.1, 0.15) is 43.7 Å². The maximum absolute atomic E-state index is 13.6. The van der Waals surface area contributed by atoms with E-state index in [1.54, 1.807) is 42.5 Å². The fourth-order valence-electron chi connectivity index (χ4n) is 3.57. The number of hydrogen-bond acceptors (Lipinski definition) is 8. The Morgan fingerprint density at radius 2 is 1.76 bits per heavy atom. The number of hydrogen-bond donors (Lipinski definition) is 0. The Balaban J connectivity index is 1.73. The molecule has 9 nitrogen and oxygen atoms in total. The number of rotatable bonds is 8. The number of carbonyl (C=O) groups is 2. The van der Waals surface area contributed by atoms with Gasteiger partial charge in [-0.1, -0.05) is 48.6 Å². The third-order valence-corrected chi connectivity index (χ3v) is 7.97. The van der Waals surface area contributed by atoms with Crippen LogP contribution in [0.5, 0.6) is 5.75 Å². The van der Waals surface area contributed by atoms with Crippen molar-refractivity contribution < 1.29 is 22.7 Å². The molecule has 4 rings (SSSR count). The van der Waals surface area contributed by atoms with E-state index in [0.29, 0.717) is 32.2 Å². The number of anilines is 1. The van der Waals surface area contributed by atoms with Crippen molar-refractivity contribution in [3.63, 3.8) is 0 Å². The normalized spacial score (nSPS) is 16.4. The molecule has 1 saturated heterocycles. The number of aryl methyl sites for hydroxylation is 1. The van der Waals surface area contributed by atoms with E-state index >= 15 is 0 Å². The second-order valence-corrected chi connectivity index (χ2v) is 10.7. The predicted octanol–water partition coefficient (Wildman–Crippen LogP) is 3.54. The van der Waals surface area contributed by atoms with Crippen LogP contribution in [-0.2, 0) is 26.0 Å². The summed E-state index contributed by atoms with van der Waals surface area (Å²) in [6.45, 7) is 5.67. The molecule has 178 valence electrons. The molecule has 1 aliphatic heterocycles. The van der Waals surface area contributed by atoms with Gasteiger partial charge in [-0.15, -0.1) is 14.6 Å². The third-order valence-electron chi connectivity index (χ3n) is 5.15. The molecule has 1 atom stereocenters. The molecular weight excluding hydrogens is 476 g/mol. The maximum atomic E-state index is 13.6. The lowest BCUT2D eigenvalue weighted by Gasteiger charge is -2.28. The molecule has 1 aliphatic rings. The fourth-order valence-corrected chi connectivity index (χ4v) is 5.99. The third kappa shape index (κ3) is 4.53. The summed E-state index contributed by atoms with van der Waals surface area (Å²) < 4.78 is 33.5. The zero-order valence-electron chi connectivity index (χ0n) is 18.9. The summed E-state index contributed by atoms with van der Waals surface area (Å²) in [5.74, 6) is -1.46. The Morgan fingerprint density at radius 3 is 2.35 bits per heavy atom. The maximum Gasteiger partial charge on any atom is 0.284 e. The summed E-state index contributed by atoms with van der Waals surface area (Å²) in [7, 11) is -4.32. The molecule has 34 heavy (non-hydrogen) atoms. The monoisotopic (exact) mass is 500 g/mol. The molecule has 0 radical (unpaired) electrons. The zero-order valence-corrected chi connectivity index (χ0v) is 20.5. The van der Waals surface area contributed by atoms with Crippen LogP contribution in [-0.4, -0.2) is 41.5 Å². The van der Waals surface area contributed by atoms with Crippen LogP contribution in [0.2, 0.25) is 0 Å². The van der Waals surface area contributed by atoms with Crippen molar-refractivity contribution in [1.82, 2.24) is 15.2 Å². The summed E-state index contributed by atoms with van der Waals surface area (Å²) in [6.07, 6.45) is 0.364. The minimum absolute atomic E-state index is 0.00676. The summed E-state index contributed by atoms with van der Waals surface area (Å²) in [4.78, 5) is 26.5. The van der Waals surface area contributed by atoms with Gasteiger partial charge in [0.05, 0.1) is 16.9 Å². The molecule has 0 aliphatic carbocycles. The molecule has 2 amide bonds. The number of benzene rings is 2. The molecule has 1 aromatic heterocycles. The second-order valence-electron chi connectivity index (χ2n) is 7.93. The van der Waals surface area contributed by atoms with Gasteiger partial charge in [0, 0.05) is 6.42 Å². The first-order valence-corrected chi connectivity index (χ1v) is 13.0. The van der Waals surface area contributed by atoms with Gasteiger partial charge in [-0.05, 0) is 50.1 Å². The molecule has 11 heteroatoms. The van der Waals surface area contributed by atoms with Gasteiger partial charge in [0.2, 0.25) is 11.0 Å². The molecule has 0 saturated carbocycles. The second kappa shape index (κ2) is 9.51. The van der Waals surface area contributed by atoms with Crippen LogP contribution < -0.4 is 9.15 Å². The van der Waals surface area contributed by atoms with Crippen molar-refractivity contribution in [3.05, 3.63) is 65.2 Å². The minimum Gasteiger partial charge on any atom is -0.491 e. The van der Waals surface area contributed by atoms with Crippen molar-refractivity contribution in [2.75, 3.05) is 4.41 Å². The Bertz CT molecular complexity index is 1290. The number of ether oxygens (including phenoxy) is 1. The Labute approximate surface area is 202 Å². The summed E-state index contributed by atoms with van der Waals surface area (Å²) in [5, 5.41) is 9.18. The zero-order chi connectivity index (χ0) is 24.5. The van der Waals surface area contributed by atoms with E-state index in [9.17, 15) is 18.0 Å². The molecule has 3 aromatic rings. The predicted molar refractivity (Wildman–Crippen MR) is 127 cm³/mol. The van der Waals surface area contributed by atoms with E-state index in [1.807, 2.05) is 20.8 Å². The molecule has 2 aromatic carbocycles. The van der Waals surface area contributed by atoms with E-state index in [0.717, 1.165) is 11.3 Å². The van der Waals surface area contributed by atoms with E-state index in [2.05, 4.69) is 10.2 Å². The highest BCUT2D eigenvalue weighted by Gasteiger charge is 2.48. The minimum atomic E-state index is -4.32. The average molecular weight is 501 g/mol. The standard InChI is InChI=1S/C23H24N4O5S2/c1-4-20-24-25-23(33-20)27(34(30,31)18-8-6-5-7-9-18)26-21(28)14-19(22(26)29)16-10-12-17(13-11-16)32-15(2)3/h5-13,15,19H,4,14H2,1-3H3. The lowest BCUT2D eigenvalue weighted by molar-refractivity contribution is -0.138. The van der Waals surface area contributed by atoms with Crippen molar-refractivity contribution in [2.24, 2.45) is 0 Å². The summed E-state index contributed by atoms with van der Waals surface area (Å²) in [5.41, 5.74) is 0.598. The Kier molecular flexibility index (Phi) is 6.67. The fraction of sp³-hybridized carbons (Fsp3) is 0.304. The highest BCUT2D eigenvalue weighted by Crippen LogP contribution is 2.37. The van der Waals surface area contributed by atoms with E-state index in [4.69, 9.17) is 4.74 Å². The molecule has 0 N–H and O–H groups in total. The van der Waals surface area contributed by atoms with Crippen molar-refractivity contribution in [1.29, 1.82) is 0 Å². The van der Waals surface area contributed by atoms with Crippen LogP contribution >= 0.6 is 11.3 Å². The van der Waals surface area contributed by atoms with Gasteiger partial charge >= 0.3 is 0 Å². The number of amides is 2. The smallest absolute Gasteiger partial charge is 0.284 e. The topological polar surface area (TPSA) is 110 Å². The molecule has 0 bridgehead atoms. The first kappa shape index (κ1) is 23.8. The van der Waals surface area contributed by atoms with Crippen LogP contribution in [0.3, 0.4) is 0 Å². The number of hydrazine groups is 1. The largest absolute Gasteiger partial charge is 0.491 e. The quantitative estimate of drug-likeness (QED) is 0.435. The lowest BCUT2D eigenvalue weighted by atomic mass is 9.97. The van der Waals surface area contributed by atoms with E-state index in [-0.39, 0.29) is 22.6 Å². The Morgan fingerprint density at radius 1 is 1.09 bits per heavy atom. The molecule has 1 fully saturated rings. The van der Waals surface area contributed by atoms with Gasteiger partial charge in [-0.3, -0.25) is 9.59 Å². The first-order chi connectivity index (χ1) is 16.2. The van der Waals surface area contributed by atoms with E-state index in [1.165, 1.54) is 12.1 Å². The van der Waals surface area contributed by atoms with Crippen LogP contribution in [0.4, 0.5) is 5.13 Å². The lowest BCUT2D eigenvalue weighted by Crippen LogP contribution is -2.50. The van der Waals surface area contributed by atoms with Gasteiger partial charge in [0.25, 0.3) is 15.9 Å². The van der Waals surface area contributed by atoms with Gasteiger partial charge in [-0.2, -0.15) is 13.4 Å². The number of imide groups is 1. The van der Waals surface area contributed by atoms with Gasteiger partial charge in [0.1, 0.15) is 10.8 Å². The molecule has 0 spiro atoms. The van der Waals surface area contributed by atoms with Gasteiger partial charge < -0.3 is 4.74 Å². The summed E-state index contributed by atoms with van der Waals surface area (Å²) >= 11 is 1.02. The highest BCUT2D eigenvalue weighted by atomic mass is 32.2. The number of carbonyl (C=O) groups excluding carboxylic acids is 2. The van der Waals surface area contributed by atoms with Crippen LogP contribution in [0, 0.1) is 0 Å². The van der Waals surface area contributed by atoms with Crippen molar-refractivity contribution in [2.45, 2.75) is 50.5 Å². The number of aromatic nitrogens is 2. The van der Waals surface area contributed by atoms with Crippen LogP contribution in [0.15, 0.2) is 59.5 Å². The van der Waals surface area contributed by atoms with Gasteiger partial charge in [-0.25, -0.2) is 0 Å². The Hall–Kier alpha value is -3.31. The van der Waals surface area contributed by atoms with Gasteiger partial charge in [0.15, 0.2) is 0 Å². The highest BCUT2D eigenvalue weighted by molar-refractivity contribution is 7.93. The first-order valence-electron chi connectivity index (χ1n) is 10.8.